The minimum absolute atomic E-state index is 0.00439. The molecule has 0 N–H and O–H groups in total. The Morgan fingerprint density at radius 1 is 1.28 bits per heavy atom. The lowest BCUT2D eigenvalue weighted by Crippen LogP contribution is -2.32. The Morgan fingerprint density at radius 3 is 2.64 bits per heavy atom. The Bertz CT molecular complexity index is 765. The lowest BCUT2D eigenvalue weighted by atomic mass is 10.0. The highest BCUT2D eigenvalue weighted by Crippen LogP contribution is 2.44. The Labute approximate surface area is 149 Å². The number of nitrogens with zero attached hydrogens (tertiary/aromatic N) is 2. The Hall–Kier alpha value is -2.10. The maximum absolute atomic E-state index is 12.8. The van der Waals surface area contributed by atoms with E-state index in [2.05, 4.69) is 32.9 Å². The molecule has 25 heavy (non-hydrogen) atoms. The van der Waals surface area contributed by atoms with E-state index >= 15 is 0 Å². The molecule has 1 aromatic carbocycles. The summed E-state index contributed by atoms with van der Waals surface area (Å²) in [7, 11) is 0. The Balaban J connectivity index is 1.67. The molecule has 0 unspecified atom stereocenters. The predicted octanol–water partition coefficient (Wildman–Crippen LogP) is 4.78. The van der Waals surface area contributed by atoms with Crippen molar-refractivity contribution in [3.8, 4) is 11.3 Å². The molecule has 2 aromatic rings. The summed E-state index contributed by atoms with van der Waals surface area (Å²) in [6, 6.07) is 10.2. The van der Waals surface area contributed by atoms with Crippen LogP contribution in [0.25, 0.3) is 11.3 Å². The maximum atomic E-state index is 12.8. The molecule has 1 aliphatic heterocycles. The van der Waals surface area contributed by atoms with Crippen LogP contribution in [0.4, 0.5) is 0 Å². The number of rotatable bonds is 4. The molecular weight excluding hydrogens is 312 g/mol. The normalized spacial score (nSPS) is 25.6. The molecule has 4 heteroatoms. The molecule has 1 saturated heterocycles. The lowest BCUT2D eigenvalue weighted by Gasteiger charge is -2.22. The summed E-state index contributed by atoms with van der Waals surface area (Å²) < 4.78 is 6.22. The summed E-state index contributed by atoms with van der Waals surface area (Å²) in [5.41, 5.74) is 2.00. The van der Waals surface area contributed by atoms with Crippen LogP contribution in [-0.2, 0) is 4.79 Å². The van der Waals surface area contributed by atoms with Crippen molar-refractivity contribution >= 4 is 5.91 Å². The van der Waals surface area contributed by atoms with Crippen LogP contribution in [-0.4, -0.2) is 22.3 Å². The fraction of sp³-hybridized carbons (Fsp3) is 0.524. The highest BCUT2D eigenvalue weighted by atomic mass is 16.4. The quantitative estimate of drug-likeness (QED) is 0.805. The summed E-state index contributed by atoms with van der Waals surface area (Å²) in [4.78, 5) is 19.6. The standard InChI is InChI=1S/C21H26N2O2/c1-13(2)19-18(15-8-5-4-6-9-15)22-20(25-19)17-10-7-11-23(17)21(24)16-12-14(16)3/h4-6,8-9,13-14,16-17H,7,10-12H2,1-3H3/t14-,16+,17-/m0/s1. The molecule has 0 spiro atoms. The topological polar surface area (TPSA) is 46.3 Å². The van der Waals surface area contributed by atoms with Gasteiger partial charge in [0.15, 0.2) is 0 Å². The Kier molecular flexibility index (Phi) is 4.14. The fourth-order valence-corrected chi connectivity index (χ4v) is 3.85. The zero-order valence-electron chi connectivity index (χ0n) is 15.2. The first-order valence-corrected chi connectivity index (χ1v) is 9.42. The summed E-state index contributed by atoms with van der Waals surface area (Å²) in [6.07, 6.45) is 3.00. The number of oxazole rings is 1. The van der Waals surface area contributed by atoms with Crippen LogP contribution in [0, 0.1) is 11.8 Å². The van der Waals surface area contributed by atoms with E-state index in [1.807, 2.05) is 23.1 Å². The maximum Gasteiger partial charge on any atom is 0.226 e. The largest absolute Gasteiger partial charge is 0.442 e. The van der Waals surface area contributed by atoms with Gasteiger partial charge in [0.2, 0.25) is 11.8 Å². The predicted molar refractivity (Wildman–Crippen MR) is 97.0 cm³/mol. The van der Waals surface area contributed by atoms with Crippen molar-refractivity contribution in [2.45, 2.75) is 52.0 Å². The number of benzene rings is 1. The number of carbonyl (C=O) groups is 1. The SMILES string of the molecule is CC(C)c1oc([C@@H]2CCCN2C(=O)[C@@H]2C[C@@H]2C)nc1-c1ccccc1. The fourth-order valence-electron chi connectivity index (χ4n) is 3.85. The van der Waals surface area contributed by atoms with Gasteiger partial charge in [-0.05, 0) is 25.2 Å². The molecule has 4 rings (SSSR count). The molecule has 2 fully saturated rings. The molecule has 0 radical (unpaired) electrons. The van der Waals surface area contributed by atoms with Gasteiger partial charge < -0.3 is 9.32 Å². The second-order valence-corrected chi connectivity index (χ2v) is 7.79. The van der Waals surface area contributed by atoms with Gasteiger partial charge in [-0.15, -0.1) is 0 Å². The second-order valence-electron chi connectivity index (χ2n) is 7.79. The lowest BCUT2D eigenvalue weighted by molar-refractivity contribution is -0.134. The van der Waals surface area contributed by atoms with Crippen molar-refractivity contribution in [3.63, 3.8) is 0 Å². The number of amides is 1. The highest BCUT2D eigenvalue weighted by Gasteiger charge is 2.45. The zero-order chi connectivity index (χ0) is 17.6. The van der Waals surface area contributed by atoms with Gasteiger partial charge >= 0.3 is 0 Å². The molecule has 0 bridgehead atoms. The van der Waals surface area contributed by atoms with Crippen LogP contribution in [0.15, 0.2) is 34.7 Å². The average Bonchev–Trinajstić information content (AvgIpc) is 3.05. The third kappa shape index (κ3) is 2.99. The molecule has 3 atom stereocenters. The molecule has 2 heterocycles. The number of hydrogen-bond acceptors (Lipinski definition) is 3. The minimum Gasteiger partial charge on any atom is -0.442 e. The van der Waals surface area contributed by atoms with Crippen LogP contribution in [0.2, 0.25) is 0 Å². The highest BCUT2D eigenvalue weighted by molar-refractivity contribution is 5.82. The molecule has 1 saturated carbocycles. The van der Waals surface area contributed by atoms with Gasteiger partial charge in [-0.1, -0.05) is 51.1 Å². The second kappa shape index (κ2) is 6.32. The van der Waals surface area contributed by atoms with E-state index in [-0.39, 0.29) is 17.9 Å². The average molecular weight is 338 g/mol. The van der Waals surface area contributed by atoms with Crippen LogP contribution in [0.1, 0.15) is 63.6 Å². The summed E-state index contributed by atoms with van der Waals surface area (Å²) in [5.74, 6) is 2.92. The van der Waals surface area contributed by atoms with Crippen LogP contribution in [0.3, 0.4) is 0 Å². The Morgan fingerprint density at radius 2 is 2.00 bits per heavy atom. The molecule has 1 amide bonds. The first-order chi connectivity index (χ1) is 12.1. The van der Waals surface area contributed by atoms with Gasteiger partial charge in [0, 0.05) is 23.9 Å². The van der Waals surface area contributed by atoms with E-state index < -0.39 is 0 Å². The smallest absolute Gasteiger partial charge is 0.226 e. The van der Waals surface area contributed by atoms with Crippen LogP contribution >= 0.6 is 0 Å². The monoisotopic (exact) mass is 338 g/mol. The number of aromatic nitrogens is 1. The molecule has 2 aliphatic rings. The molecule has 1 aromatic heterocycles. The third-order valence-corrected chi connectivity index (χ3v) is 5.49. The molecular formula is C21H26N2O2. The van der Waals surface area contributed by atoms with Gasteiger partial charge in [0.25, 0.3) is 0 Å². The molecule has 1 aliphatic carbocycles. The van der Waals surface area contributed by atoms with Gasteiger partial charge in [-0.25, -0.2) is 4.98 Å². The first kappa shape index (κ1) is 16.4. The van der Waals surface area contributed by atoms with Crippen LogP contribution < -0.4 is 0 Å². The number of hydrogen-bond donors (Lipinski definition) is 0. The van der Waals surface area contributed by atoms with Gasteiger partial charge in [0.05, 0.1) is 0 Å². The van der Waals surface area contributed by atoms with Crippen molar-refractivity contribution in [2.24, 2.45) is 11.8 Å². The molecule has 4 nitrogen and oxygen atoms in total. The van der Waals surface area contributed by atoms with Crippen molar-refractivity contribution in [1.29, 1.82) is 0 Å². The number of likely N-dealkylation sites (tertiary alicyclic amines) is 1. The first-order valence-electron chi connectivity index (χ1n) is 9.42. The van der Waals surface area contributed by atoms with Crippen molar-refractivity contribution in [3.05, 3.63) is 42.0 Å². The van der Waals surface area contributed by atoms with E-state index in [0.29, 0.717) is 17.7 Å². The van der Waals surface area contributed by atoms with Gasteiger partial charge in [-0.2, -0.15) is 0 Å². The van der Waals surface area contributed by atoms with E-state index in [4.69, 9.17) is 9.40 Å². The van der Waals surface area contributed by atoms with Crippen LogP contribution in [0.5, 0.6) is 0 Å². The third-order valence-electron chi connectivity index (χ3n) is 5.49. The van der Waals surface area contributed by atoms with E-state index in [1.54, 1.807) is 0 Å². The zero-order valence-corrected chi connectivity index (χ0v) is 15.2. The van der Waals surface area contributed by atoms with E-state index in [9.17, 15) is 4.79 Å². The van der Waals surface area contributed by atoms with Crippen molar-refractivity contribution < 1.29 is 9.21 Å². The minimum atomic E-state index is -0.00439. The van der Waals surface area contributed by atoms with Crippen molar-refractivity contribution in [1.82, 2.24) is 9.88 Å². The van der Waals surface area contributed by atoms with Crippen molar-refractivity contribution in [2.75, 3.05) is 6.54 Å². The van der Waals surface area contributed by atoms with E-state index in [0.717, 1.165) is 42.8 Å². The summed E-state index contributed by atoms with van der Waals surface area (Å²) in [6.45, 7) is 7.23. The summed E-state index contributed by atoms with van der Waals surface area (Å²) in [5, 5.41) is 0. The van der Waals surface area contributed by atoms with Gasteiger partial charge in [0.1, 0.15) is 17.5 Å². The van der Waals surface area contributed by atoms with Gasteiger partial charge in [-0.3, -0.25) is 4.79 Å². The molecule has 132 valence electrons. The number of carbonyl (C=O) groups excluding carboxylic acids is 1. The summed E-state index contributed by atoms with van der Waals surface area (Å²) >= 11 is 0. The van der Waals surface area contributed by atoms with E-state index in [1.165, 1.54) is 0 Å².